The van der Waals surface area contributed by atoms with Gasteiger partial charge in [0.25, 0.3) is 0 Å². The van der Waals surface area contributed by atoms with Crippen LogP contribution < -0.4 is 5.32 Å². The van der Waals surface area contributed by atoms with E-state index < -0.39 is 0 Å². The zero-order valence-electron chi connectivity index (χ0n) is 12.5. The number of rotatable bonds is 5. The van der Waals surface area contributed by atoms with Gasteiger partial charge in [-0.15, -0.1) is 0 Å². The Morgan fingerprint density at radius 1 is 1.05 bits per heavy atom. The molecule has 0 aliphatic heterocycles. The SMILES string of the molecule is COCc1ccc(CNC2CCC(C)C(C)C2)cc1. The minimum absolute atomic E-state index is 0.699. The van der Waals surface area contributed by atoms with Crippen LogP contribution >= 0.6 is 0 Å². The van der Waals surface area contributed by atoms with Crippen molar-refractivity contribution < 1.29 is 4.74 Å². The lowest BCUT2D eigenvalue weighted by Gasteiger charge is -2.32. The fourth-order valence-corrected chi connectivity index (χ4v) is 2.92. The standard InChI is InChI=1S/C17H27NO/c1-13-4-9-17(10-14(13)2)18-11-15-5-7-16(8-6-15)12-19-3/h5-8,13-14,17-18H,4,9-12H2,1-3H3. The van der Waals surface area contributed by atoms with Gasteiger partial charge in [-0.3, -0.25) is 0 Å². The van der Waals surface area contributed by atoms with Crippen molar-refractivity contribution in [3.63, 3.8) is 0 Å². The van der Waals surface area contributed by atoms with Crippen molar-refractivity contribution in [2.24, 2.45) is 11.8 Å². The first-order valence-electron chi connectivity index (χ1n) is 7.49. The molecule has 3 unspecified atom stereocenters. The highest BCUT2D eigenvalue weighted by Crippen LogP contribution is 2.29. The number of nitrogens with one attached hydrogen (secondary N) is 1. The molecule has 1 fully saturated rings. The Labute approximate surface area is 117 Å². The number of methoxy groups -OCH3 is 1. The molecule has 1 aromatic rings. The van der Waals surface area contributed by atoms with Gasteiger partial charge in [0.15, 0.2) is 0 Å². The van der Waals surface area contributed by atoms with Gasteiger partial charge in [0.2, 0.25) is 0 Å². The van der Waals surface area contributed by atoms with Crippen LogP contribution in [0.15, 0.2) is 24.3 Å². The summed E-state index contributed by atoms with van der Waals surface area (Å²) < 4.78 is 5.13. The number of benzene rings is 1. The average molecular weight is 261 g/mol. The highest BCUT2D eigenvalue weighted by atomic mass is 16.5. The van der Waals surface area contributed by atoms with Crippen molar-refractivity contribution in [3.8, 4) is 0 Å². The molecule has 0 amide bonds. The maximum absolute atomic E-state index is 5.13. The van der Waals surface area contributed by atoms with Crippen LogP contribution in [0.25, 0.3) is 0 Å². The van der Waals surface area contributed by atoms with Crippen molar-refractivity contribution in [2.75, 3.05) is 7.11 Å². The zero-order valence-corrected chi connectivity index (χ0v) is 12.5. The molecule has 2 heteroatoms. The van der Waals surface area contributed by atoms with Crippen molar-refractivity contribution in [1.82, 2.24) is 5.32 Å². The van der Waals surface area contributed by atoms with E-state index in [0.29, 0.717) is 12.6 Å². The average Bonchev–Trinajstić information content (AvgIpc) is 2.42. The molecule has 0 aromatic heterocycles. The topological polar surface area (TPSA) is 21.3 Å². The molecule has 1 aliphatic rings. The second-order valence-electron chi connectivity index (χ2n) is 6.09. The summed E-state index contributed by atoms with van der Waals surface area (Å²) in [4.78, 5) is 0. The monoisotopic (exact) mass is 261 g/mol. The lowest BCUT2D eigenvalue weighted by Crippen LogP contribution is -2.35. The highest BCUT2D eigenvalue weighted by Gasteiger charge is 2.23. The van der Waals surface area contributed by atoms with Crippen LogP contribution in [0.3, 0.4) is 0 Å². The van der Waals surface area contributed by atoms with Gasteiger partial charge in [-0.2, -0.15) is 0 Å². The van der Waals surface area contributed by atoms with E-state index in [1.54, 1.807) is 7.11 Å². The number of hydrogen-bond acceptors (Lipinski definition) is 2. The third kappa shape index (κ3) is 4.32. The van der Waals surface area contributed by atoms with Crippen molar-refractivity contribution >= 4 is 0 Å². The summed E-state index contributed by atoms with van der Waals surface area (Å²) in [5.41, 5.74) is 2.61. The Bertz CT molecular complexity index is 373. The van der Waals surface area contributed by atoms with Crippen molar-refractivity contribution in [3.05, 3.63) is 35.4 Å². The van der Waals surface area contributed by atoms with Gasteiger partial charge >= 0.3 is 0 Å². The van der Waals surface area contributed by atoms with E-state index >= 15 is 0 Å². The number of ether oxygens (including phenoxy) is 1. The fraction of sp³-hybridized carbons (Fsp3) is 0.647. The first-order valence-corrected chi connectivity index (χ1v) is 7.49. The molecular weight excluding hydrogens is 234 g/mol. The van der Waals surface area contributed by atoms with E-state index in [2.05, 4.69) is 43.4 Å². The molecule has 0 saturated heterocycles. The predicted molar refractivity (Wildman–Crippen MR) is 80.0 cm³/mol. The third-order valence-corrected chi connectivity index (χ3v) is 4.53. The summed E-state index contributed by atoms with van der Waals surface area (Å²) in [6.45, 7) is 6.46. The highest BCUT2D eigenvalue weighted by molar-refractivity contribution is 5.22. The minimum Gasteiger partial charge on any atom is -0.380 e. The molecule has 0 radical (unpaired) electrons. The summed E-state index contributed by atoms with van der Waals surface area (Å²) in [5, 5.41) is 3.71. The number of hydrogen-bond donors (Lipinski definition) is 1. The maximum atomic E-state index is 5.13. The summed E-state index contributed by atoms with van der Waals surface area (Å²) >= 11 is 0. The lowest BCUT2D eigenvalue weighted by atomic mass is 9.79. The summed E-state index contributed by atoms with van der Waals surface area (Å²) in [5.74, 6) is 1.75. The summed E-state index contributed by atoms with van der Waals surface area (Å²) in [6, 6.07) is 9.43. The molecule has 3 atom stereocenters. The molecule has 106 valence electrons. The van der Waals surface area contributed by atoms with Crippen LogP contribution in [0.4, 0.5) is 0 Å². The van der Waals surface area contributed by atoms with Crippen LogP contribution in [-0.4, -0.2) is 13.2 Å². The Kier molecular flexibility index (Phi) is 5.41. The van der Waals surface area contributed by atoms with E-state index in [1.165, 1.54) is 30.4 Å². The Morgan fingerprint density at radius 3 is 2.37 bits per heavy atom. The van der Waals surface area contributed by atoms with Gasteiger partial charge in [0, 0.05) is 19.7 Å². The second kappa shape index (κ2) is 7.06. The predicted octanol–water partition coefficient (Wildman–Crippen LogP) is 3.75. The first kappa shape index (κ1) is 14.5. The van der Waals surface area contributed by atoms with Crippen LogP contribution in [0.1, 0.15) is 44.2 Å². The second-order valence-corrected chi connectivity index (χ2v) is 6.09. The minimum atomic E-state index is 0.699. The molecule has 0 heterocycles. The van der Waals surface area contributed by atoms with Gasteiger partial charge in [-0.05, 0) is 42.2 Å². The Hall–Kier alpha value is -0.860. The summed E-state index contributed by atoms with van der Waals surface area (Å²) in [7, 11) is 1.74. The van der Waals surface area contributed by atoms with Gasteiger partial charge in [0.05, 0.1) is 6.61 Å². The molecule has 2 rings (SSSR count). The fourth-order valence-electron chi connectivity index (χ4n) is 2.92. The first-order chi connectivity index (χ1) is 9.19. The quantitative estimate of drug-likeness (QED) is 0.871. The molecular formula is C17H27NO. The van der Waals surface area contributed by atoms with Crippen LogP contribution in [-0.2, 0) is 17.9 Å². The molecule has 1 N–H and O–H groups in total. The van der Waals surface area contributed by atoms with E-state index in [9.17, 15) is 0 Å². The molecule has 1 saturated carbocycles. The van der Waals surface area contributed by atoms with Crippen LogP contribution in [0.2, 0.25) is 0 Å². The molecule has 2 nitrogen and oxygen atoms in total. The van der Waals surface area contributed by atoms with E-state index in [0.717, 1.165) is 18.4 Å². The Balaban J connectivity index is 1.79. The van der Waals surface area contributed by atoms with Crippen molar-refractivity contribution in [1.29, 1.82) is 0 Å². The van der Waals surface area contributed by atoms with E-state index in [1.807, 2.05) is 0 Å². The molecule has 1 aromatic carbocycles. The normalized spacial score (nSPS) is 27.4. The van der Waals surface area contributed by atoms with Gasteiger partial charge in [-0.25, -0.2) is 0 Å². The van der Waals surface area contributed by atoms with E-state index in [4.69, 9.17) is 4.74 Å². The molecule has 0 bridgehead atoms. The molecule has 1 aliphatic carbocycles. The van der Waals surface area contributed by atoms with Crippen molar-refractivity contribution in [2.45, 2.75) is 52.3 Å². The molecule has 0 spiro atoms. The zero-order chi connectivity index (χ0) is 13.7. The largest absolute Gasteiger partial charge is 0.380 e. The van der Waals surface area contributed by atoms with Gasteiger partial charge < -0.3 is 10.1 Å². The smallest absolute Gasteiger partial charge is 0.0713 e. The van der Waals surface area contributed by atoms with Gasteiger partial charge in [0.1, 0.15) is 0 Å². The lowest BCUT2D eigenvalue weighted by molar-refractivity contribution is 0.185. The summed E-state index contributed by atoms with van der Waals surface area (Å²) in [6.07, 6.45) is 4.02. The molecule has 19 heavy (non-hydrogen) atoms. The van der Waals surface area contributed by atoms with Gasteiger partial charge in [-0.1, -0.05) is 38.1 Å². The van der Waals surface area contributed by atoms with Crippen LogP contribution in [0, 0.1) is 11.8 Å². The third-order valence-electron chi connectivity index (χ3n) is 4.53. The maximum Gasteiger partial charge on any atom is 0.0713 e. The van der Waals surface area contributed by atoms with Crippen LogP contribution in [0.5, 0.6) is 0 Å². The Morgan fingerprint density at radius 2 is 1.74 bits per heavy atom. The van der Waals surface area contributed by atoms with E-state index in [-0.39, 0.29) is 0 Å².